The van der Waals surface area contributed by atoms with Crippen molar-refractivity contribution in [1.29, 1.82) is 0 Å². The van der Waals surface area contributed by atoms with Gasteiger partial charge in [0.25, 0.3) is 5.91 Å². The minimum atomic E-state index is -0.769. The number of halogens is 1. The standard InChI is InChI=1S/C17H22ClN3O4/c1-10(2)19-16(22)9-21(3)17(23)15-8-14(20-25-15)12-7-11(24-4)5-6-13(12)18/h5-7,10,15H,8-9H2,1-4H3,(H,19,22)/t15-/m0/s1. The van der Waals surface area contributed by atoms with Gasteiger partial charge in [0.1, 0.15) is 5.75 Å². The van der Waals surface area contributed by atoms with E-state index >= 15 is 0 Å². The summed E-state index contributed by atoms with van der Waals surface area (Å²) in [4.78, 5) is 30.8. The first-order valence-corrected chi connectivity index (χ1v) is 8.30. The van der Waals surface area contributed by atoms with Gasteiger partial charge in [-0.15, -0.1) is 0 Å². The Morgan fingerprint density at radius 2 is 2.20 bits per heavy atom. The Hall–Kier alpha value is -2.28. The molecule has 8 heteroatoms. The van der Waals surface area contributed by atoms with Gasteiger partial charge < -0.3 is 19.8 Å². The van der Waals surface area contributed by atoms with Crippen molar-refractivity contribution in [2.24, 2.45) is 5.16 Å². The maximum atomic E-state index is 12.4. The van der Waals surface area contributed by atoms with Crippen LogP contribution >= 0.6 is 11.6 Å². The molecule has 0 saturated carbocycles. The zero-order valence-corrected chi connectivity index (χ0v) is 15.5. The second-order valence-electron chi connectivity index (χ2n) is 6.10. The molecule has 1 aliphatic heterocycles. The summed E-state index contributed by atoms with van der Waals surface area (Å²) in [5, 5.41) is 7.22. The lowest BCUT2D eigenvalue weighted by Crippen LogP contribution is -2.44. The largest absolute Gasteiger partial charge is 0.497 e. The first-order valence-electron chi connectivity index (χ1n) is 7.92. The van der Waals surface area contributed by atoms with E-state index in [1.54, 1.807) is 32.4 Å². The number of rotatable bonds is 6. The fourth-order valence-electron chi connectivity index (χ4n) is 2.43. The van der Waals surface area contributed by atoms with Gasteiger partial charge in [0.15, 0.2) is 0 Å². The van der Waals surface area contributed by atoms with E-state index in [4.69, 9.17) is 21.2 Å². The summed E-state index contributed by atoms with van der Waals surface area (Å²) in [5.41, 5.74) is 1.24. The van der Waals surface area contributed by atoms with E-state index in [2.05, 4.69) is 10.5 Å². The number of benzene rings is 1. The molecule has 0 aliphatic carbocycles. The van der Waals surface area contributed by atoms with Gasteiger partial charge in [-0.1, -0.05) is 16.8 Å². The maximum Gasteiger partial charge on any atom is 0.267 e. The van der Waals surface area contributed by atoms with Crippen molar-refractivity contribution >= 4 is 29.1 Å². The number of hydrogen-bond acceptors (Lipinski definition) is 5. The SMILES string of the molecule is COc1ccc(Cl)c(C2=NO[C@H](C(=O)N(C)CC(=O)NC(C)C)C2)c1. The fourth-order valence-corrected chi connectivity index (χ4v) is 2.65. The van der Waals surface area contributed by atoms with Crippen molar-refractivity contribution in [2.45, 2.75) is 32.4 Å². The van der Waals surface area contributed by atoms with Crippen LogP contribution in [0.3, 0.4) is 0 Å². The predicted molar refractivity (Wildman–Crippen MR) is 94.9 cm³/mol. The highest BCUT2D eigenvalue weighted by Gasteiger charge is 2.32. The summed E-state index contributed by atoms with van der Waals surface area (Å²) in [7, 11) is 3.12. The van der Waals surface area contributed by atoms with E-state index in [0.29, 0.717) is 22.0 Å². The van der Waals surface area contributed by atoms with Crippen LogP contribution in [0.4, 0.5) is 0 Å². The van der Waals surface area contributed by atoms with Gasteiger partial charge >= 0.3 is 0 Å². The molecule has 0 bridgehead atoms. The number of carbonyl (C=O) groups excluding carboxylic acids is 2. The van der Waals surface area contributed by atoms with Gasteiger partial charge in [0.05, 0.1) is 24.4 Å². The van der Waals surface area contributed by atoms with Crippen LogP contribution in [-0.4, -0.2) is 55.3 Å². The van der Waals surface area contributed by atoms with Gasteiger partial charge in [-0.3, -0.25) is 9.59 Å². The van der Waals surface area contributed by atoms with Crippen molar-refractivity contribution in [3.8, 4) is 5.75 Å². The molecule has 25 heavy (non-hydrogen) atoms. The van der Waals surface area contributed by atoms with E-state index in [-0.39, 0.29) is 30.8 Å². The predicted octanol–water partition coefficient (Wildman–Crippen LogP) is 1.82. The molecule has 0 radical (unpaired) electrons. The number of methoxy groups -OCH3 is 1. The van der Waals surface area contributed by atoms with Crippen LogP contribution in [-0.2, 0) is 14.4 Å². The lowest BCUT2D eigenvalue weighted by atomic mass is 10.0. The molecular formula is C17H22ClN3O4. The van der Waals surface area contributed by atoms with Crippen LogP contribution in [0.1, 0.15) is 25.8 Å². The molecule has 1 aromatic carbocycles. The Bertz CT molecular complexity index is 690. The van der Waals surface area contributed by atoms with E-state index in [1.807, 2.05) is 13.8 Å². The van der Waals surface area contributed by atoms with Gasteiger partial charge in [0.2, 0.25) is 12.0 Å². The molecule has 0 unspecified atom stereocenters. The molecule has 0 aromatic heterocycles. The second-order valence-corrected chi connectivity index (χ2v) is 6.51. The number of oxime groups is 1. The summed E-state index contributed by atoms with van der Waals surface area (Å²) < 4.78 is 5.18. The van der Waals surface area contributed by atoms with Crippen LogP contribution in [0.15, 0.2) is 23.4 Å². The van der Waals surface area contributed by atoms with E-state index in [1.165, 1.54) is 4.90 Å². The molecule has 2 amide bonds. The number of nitrogens with zero attached hydrogens (tertiary/aromatic N) is 2. The first kappa shape index (κ1) is 19.1. The molecule has 136 valence electrons. The summed E-state index contributed by atoms with van der Waals surface area (Å²) in [6.45, 7) is 3.68. The van der Waals surface area contributed by atoms with Gasteiger partial charge in [-0.25, -0.2) is 0 Å². The van der Waals surface area contributed by atoms with Gasteiger partial charge in [-0.05, 0) is 32.0 Å². The van der Waals surface area contributed by atoms with E-state index in [9.17, 15) is 9.59 Å². The number of hydrogen-bond donors (Lipinski definition) is 1. The highest BCUT2D eigenvalue weighted by molar-refractivity contribution is 6.34. The Morgan fingerprint density at radius 3 is 2.84 bits per heavy atom. The Balaban J connectivity index is 1.99. The highest BCUT2D eigenvalue weighted by Crippen LogP contribution is 2.27. The van der Waals surface area contributed by atoms with Gasteiger partial charge in [0, 0.05) is 25.1 Å². The average molecular weight is 368 g/mol. The van der Waals surface area contributed by atoms with Crippen molar-refractivity contribution in [3.05, 3.63) is 28.8 Å². The molecular weight excluding hydrogens is 346 g/mol. The Morgan fingerprint density at radius 1 is 1.48 bits per heavy atom. The number of likely N-dealkylation sites (N-methyl/N-ethyl adjacent to an activating group) is 1. The van der Waals surface area contributed by atoms with E-state index in [0.717, 1.165) is 0 Å². The highest BCUT2D eigenvalue weighted by atomic mass is 35.5. The monoisotopic (exact) mass is 367 g/mol. The topological polar surface area (TPSA) is 80.2 Å². The summed E-state index contributed by atoms with van der Waals surface area (Å²) >= 11 is 6.20. The lowest BCUT2D eigenvalue weighted by Gasteiger charge is -2.20. The average Bonchev–Trinajstić information content (AvgIpc) is 3.03. The normalized spacial score (nSPS) is 16.2. The molecule has 1 aromatic rings. The third-order valence-electron chi connectivity index (χ3n) is 3.64. The third-order valence-corrected chi connectivity index (χ3v) is 3.97. The summed E-state index contributed by atoms with van der Waals surface area (Å²) in [6, 6.07) is 5.21. The molecule has 1 aliphatic rings. The minimum Gasteiger partial charge on any atom is -0.497 e. The van der Waals surface area contributed by atoms with E-state index < -0.39 is 6.10 Å². The Labute approximate surface area is 151 Å². The Kier molecular flexibility index (Phi) is 6.25. The quantitative estimate of drug-likeness (QED) is 0.831. The zero-order chi connectivity index (χ0) is 18.6. The maximum absolute atomic E-state index is 12.4. The van der Waals surface area contributed by atoms with Crippen LogP contribution in [0.25, 0.3) is 0 Å². The lowest BCUT2D eigenvalue weighted by molar-refractivity contribution is -0.143. The number of amides is 2. The molecule has 1 atom stereocenters. The zero-order valence-electron chi connectivity index (χ0n) is 14.7. The molecule has 1 N–H and O–H groups in total. The van der Waals surface area contributed by atoms with Crippen molar-refractivity contribution in [1.82, 2.24) is 10.2 Å². The van der Waals surface area contributed by atoms with Crippen LogP contribution < -0.4 is 10.1 Å². The molecule has 0 spiro atoms. The van der Waals surface area contributed by atoms with Crippen molar-refractivity contribution in [2.75, 3.05) is 20.7 Å². The smallest absolute Gasteiger partial charge is 0.267 e. The summed E-state index contributed by atoms with van der Waals surface area (Å²) in [6.07, 6.45) is -0.490. The fraction of sp³-hybridized carbons (Fsp3) is 0.471. The van der Waals surface area contributed by atoms with Crippen LogP contribution in [0.2, 0.25) is 5.02 Å². The van der Waals surface area contributed by atoms with Crippen molar-refractivity contribution < 1.29 is 19.2 Å². The summed E-state index contributed by atoms with van der Waals surface area (Å²) in [5.74, 6) is 0.108. The van der Waals surface area contributed by atoms with Crippen molar-refractivity contribution in [3.63, 3.8) is 0 Å². The molecule has 1 heterocycles. The number of nitrogens with one attached hydrogen (secondary N) is 1. The number of ether oxygens (including phenoxy) is 1. The van der Waals surface area contributed by atoms with Crippen LogP contribution in [0, 0.1) is 0 Å². The second kappa shape index (κ2) is 8.20. The molecule has 7 nitrogen and oxygen atoms in total. The minimum absolute atomic E-state index is 0.0175. The van der Waals surface area contributed by atoms with Crippen LogP contribution in [0.5, 0.6) is 5.75 Å². The number of carbonyl (C=O) groups is 2. The molecule has 0 saturated heterocycles. The third kappa shape index (κ3) is 4.85. The first-order chi connectivity index (χ1) is 11.8. The van der Waals surface area contributed by atoms with Gasteiger partial charge in [-0.2, -0.15) is 0 Å². The molecule has 2 rings (SSSR count). The molecule has 0 fully saturated rings.